The third kappa shape index (κ3) is 10.3. The number of phenolic OH excluding ortho intramolecular Hbond substituents is 1. The molecule has 0 saturated heterocycles. The number of carbonyl (C=O) groups is 1. The minimum atomic E-state index is -2.25. The molecule has 0 amide bonds. The lowest BCUT2D eigenvalue weighted by Gasteiger charge is -2.39. The molecule has 1 aliphatic rings. The molecule has 0 unspecified atom stereocenters. The Morgan fingerprint density at radius 2 is 1.70 bits per heavy atom. The van der Waals surface area contributed by atoms with Gasteiger partial charge in [0.2, 0.25) is 11.2 Å². The Kier molecular flexibility index (Phi) is 14.9. The number of aromatic nitrogens is 1. The molecule has 11 nitrogen and oxygen atoms in total. The summed E-state index contributed by atoms with van der Waals surface area (Å²) in [7, 11) is 1.51. The monoisotopic (exact) mass is 895 g/mol. The fourth-order valence-corrected chi connectivity index (χ4v) is 11.0. The van der Waals surface area contributed by atoms with E-state index in [0.717, 1.165) is 55.2 Å². The van der Waals surface area contributed by atoms with Gasteiger partial charge in [-0.1, -0.05) is 50.6 Å². The minimum Gasteiger partial charge on any atom is -0.506 e. The Morgan fingerprint density at radius 3 is 2.30 bits per heavy atom. The second kappa shape index (κ2) is 19.5. The summed E-state index contributed by atoms with van der Waals surface area (Å²) in [5.41, 5.74) is 0.356. The molecule has 4 N–H and O–H groups in total. The van der Waals surface area contributed by atoms with Gasteiger partial charge in [0.15, 0.2) is 8.32 Å². The summed E-state index contributed by atoms with van der Waals surface area (Å²) < 4.78 is 25.5. The normalized spacial score (nSPS) is 16.9. The van der Waals surface area contributed by atoms with Crippen LogP contribution in [0.1, 0.15) is 79.9 Å². The smallest absolute Gasteiger partial charge is 0.347 e. The molecule has 15 heteroatoms. The van der Waals surface area contributed by atoms with E-state index in [4.69, 9.17) is 30.2 Å². The minimum absolute atomic E-state index is 0.00928. The molecule has 60 heavy (non-hydrogen) atoms. The third-order valence-electron chi connectivity index (χ3n) is 12.0. The molecular formula is C45H58ClN3O8S2Si. The average Bonchev–Trinajstić information content (AvgIpc) is 3.95. The van der Waals surface area contributed by atoms with Gasteiger partial charge in [-0.05, 0) is 104 Å². The number of phenols is 1. The van der Waals surface area contributed by atoms with Crippen molar-refractivity contribution in [3.8, 4) is 17.2 Å². The van der Waals surface area contributed by atoms with E-state index < -0.39 is 19.9 Å². The zero-order chi connectivity index (χ0) is 43.2. The van der Waals surface area contributed by atoms with Crippen molar-refractivity contribution in [3.05, 3.63) is 108 Å². The molecular weight excluding hydrogens is 838 g/mol. The number of rotatable bonds is 19. The largest absolute Gasteiger partial charge is 0.506 e. The van der Waals surface area contributed by atoms with Gasteiger partial charge in [0.25, 0.3) is 0 Å². The van der Waals surface area contributed by atoms with E-state index >= 15 is 0 Å². The number of methoxy groups -OCH3 is 1. The van der Waals surface area contributed by atoms with E-state index in [2.05, 4.69) is 56.1 Å². The summed E-state index contributed by atoms with van der Waals surface area (Å²) in [4.78, 5) is 31.5. The van der Waals surface area contributed by atoms with Crippen LogP contribution in [0.3, 0.4) is 0 Å². The highest BCUT2D eigenvalue weighted by Gasteiger charge is 2.48. The molecule has 1 fully saturated rings. The first kappa shape index (κ1) is 45.8. The lowest BCUT2D eigenvalue weighted by molar-refractivity contribution is -0.170. The number of benzene rings is 2. The molecule has 0 aliphatic heterocycles. The van der Waals surface area contributed by atoms with Gasteiger partial charge in [-0.25, -0.2) is 4.79 Å². The molecule has 1 atom stereocenters. The van der Waals surface area contributed by atoms with Crippen LogP contribution >= 0.6 is 34.3 Å². The molecule has 1 saturated carbocycles. The van der Waals surface area contributed by atoms with Crippen molar-refractivity contribution in [1.82, 2.24) is 15.2 Å². The third-order valence-corrected chi connectivity index (χ3v) is 18.8. The van der Waals surface area contributed by atoms with Gasteiger partial charge in [-0.3, -0.25) is 4.79 Å². The van der Waals surface area contributed by atoms with E-state index in [1.54, 1.807) is 19.2 Å². The molecule has 0 spiro atoms. The highest BCUT2D eigenvalue weighted by atomic mass is 35.5. The summed E-state index contributed by atoms with van der Waals surface area (Å²) in [6, 6.07) is 18.2. The molecule has 6 rings (SSSR count). The van der Waals surface area contributed by atoms with Crippen LogP contribution in [-0.2, 0) is 26.1 Å². The van der Waals surface area contributed by atoms with Crippen LogP contribution in [0.25, 0.3) is 10.9 Å². The SMILES string of the molecule is COc1cc(OCCCN(C)[C@H]2CC[C@H](OC(C(=O)O)(c3cccs3)c3cccs3)CC2)c(Cl)cc1CNC[C@H](O[Si](C)(C)C(C)(C)C)c1ccc(O)c2[nH]c(=O)ccc12. The molecule has 1 aliphatic carbocycles. The summed E-state index contributed by atoms with van der Waals surface area (Å²) in [5.74, 6) is 0.237. The Labute approximate surface area is 366 Å². The molecule has 0 bridgehead atoms. The molecule has 2 aromatic carbocycles. The van der Waals surface area contributed by atoms with E-state index in [1.165, 1.54) is 28.7 Å². The van der Waals surface area contributed by atoms with E-state index in [9.17, 15) is 19.8 Å². The van der Waals surface area contributed by atoms with Crippen molar-refractivity contribution in [2.24, 2.45) is 0 Å². The number of aromatic amines is 1. The number of H-pyrrole nitrogens is 1. The van der Waals surface area contributed by atoms with Crippen LogP contribution in [0.15, 0.2) is 76.2 Å². The zero-order valence-corrected chi connectivity index (χ0v) is 38.9. The molecule has 5 aromatic rings. The van der Waals surface area contributed by atoms with Crippen LogP contribution in [-0.4, -0.2) is 80.4 Å². The maximum Gasteiger partial charge on any atom is 0.347 e. The standard InChI is InChI=1S/C45H58ClN3O8S2Si/c1-44(2,3)60(6,7)57-38(32-17-19-35(50)42-33(32)18-20-41(51)48-42)28-47-27-29-25-34(46)37(26-36(29)54-5)55-22-10-21-49(4)30-13-15-31(16-14-30)56-45(43(52)53,39-11-8-23-58-39)40-12-9-24-59-40/h8-9,11-12,17-20,23-26,30-31,38,47,50H,10,13-16,21-22,27-28H2,1-7H3,(H,48,51)(H,52,53)/t30-,31-,38-/m0/s1. The van der Waals surface area contributed by atoms with Crippen LogP contribution in [0.2, 0.25) is 23.2 Å². The van der Waals surface area contributed by atoms with Crippen LogP contribution in [0, 0.1) is 0 Å². The van der Waals surface area contributed by atoms with Crippen molar-refractivity contribution in [2.75, 3.05) is 33.9 Å². The van der Waals surface area contributed by atoms with Gasteiger partial charge < -0.3 is 44.1 Å². The first-order valence-electron chi connectivity index (χ1n) is 20.5. The van der Waals surface area contributed by atoms with Crippen molar-refractivity contribution in [2.45, 2.75) is 101 Å². The van der Waals surface area contributed by atoms with Crippen molar-refractivity contribution in [3.63, 3.8) is 0 Å². The summed E-state index contributed by atoms with van der Waals surface area (Å²) >= 11 is 9.63. The fourth-order valence-electron chi connectivity index (χ4n) is 7.63. The molecule has 324 valence electrons. The van der Waals surface area contributed by atoms with E-state index in [1.807, 2.05) is 53.2 Å². The van der Waals surface area contributed by atoms with Gasteiger partial charge in [0, 0.05) is 48.8 Å². The first-order valence-corrected chi connectivity index (χ1v) is 25.5. The van der Waals surface area contributed by atoms with E-state index in [0.29, 0.717) is 57.5 Å². The number of aromatic hydroxyl groups is 1. The fraction of sp³-hybridized carbons (Fsp3) is 0.467. The van der Waals surface area contributed by atoms with Crippen molar-refractivity contribution >= 4 is 59.5 Å². The average molecular weight is 897 g/mol. The maximum atomic E-state index is 12.8. The Hall–Kier alpha value is -3.73. The predicted molar refractivity (Wildman–Crippen MR) is 244 cm³/mol. The van der Waals surface area contributed by atoms with Crippen molar-refractivity contribution in [1.29, 1.82) is 0 Å². The number of fused-ring (bicyclic) bond motifs is 1. The topological polar surface area (TPSA) is 143 Å². The Bertz CT molecular complexity index is 2220. The van der Waals surface area contributed by atoms with Gasteiger partial charge in [-0.15, -0.1) is 22.7 Å². The quantitative estimate of drug-likeness (QED) is 0.0468. The van der Waals surface area contributed by atoms with Gasteiger partial charge >= 0.3 is 5.97 Å². The lowest BCUT2D eigenvalue weighted by Crippen LogP contribution is -2.44. The number of carboxylic acid groups (broad SMARTS) is 1. The Balaban J connectivity index is 1.02. The molecule has 3 aromatic heterocycles. The summed E-state index contributed by atoms with van der Waals surface area (Å²) in [6.45, 7) is 13.2. The number of aliphatic carboxylic acids is 1. The van der Waals surface area contributed by atoms with Crippen LogP contribution < -0.4 is 20.3 Å². The van der Waals surface area contributed by atoms with Crippen LogP contribution in [0.4, 0.5) is 0 Å². The second-order valence-corrected chi connectivity index (χ2v) is 24.1. The lowest BCUT2D eigenvalue weighted by atomic mass is 9.90. The number of halogens is 1. The molecule has 3 heterocycles. The van der Waals surface area contributed by atoms with Crippen molar-refractivity contribution < 1.29 is 33.6 Å². The zero-order valence-electron chi connectivity index (χ0n) is 35.5. The van der Waals surface area contributed by atoms with Gasteiger partial charge in [-0.2, -0.15) is 0 Å². The van der Waals surface area contributed by atoms with E-state index in [-0.39, 0.29) is 28.6 Å². The number of thiophene rings is 2. The Morgan fingerprint density at radius 1 is 1.02 bits per heavy atom. The number of hydrogen-bond donors (Lipinski definition) is 4. The number of nitrogens with zero attached hydrogens (tertiary/aromatic N) is 1. The predicted octanol–water partition coefficient (Wildman–Crippen LogP) is 9.93. The number of carboxylic acids is 1. The number of pyridine rings is 1. The summed E-state index contributed by atoms with van der Waals surface area (Å²) in [5, 5.41) is 29.6. The highest BCUT2D eigenvalue weighted by Crippen LogP contribution is 2.44. The maximum absolute atomic E-state index is 12.8. The summed E-state index contributed by atoms with van der Waals surface area (Å²) in [6.07, 6.45) is 3.68. The first-order chi connectivity index (χ1) is 28.5. The number of ether oxygens (including phenoxy) is 3. The highest BCUT2D eigenvalue weighted by molar-refractivity contribution is 7.12. The van der Waals surface area contributed by atoms with Crippen LogP contribution in [0.5, 0.6) is 17.2 Å². The van der Waals surface area contributed by atoms with Gasteiger partial charge in [0.05, 0.1) is 46.2 Å². The number of hydrogen-bond acceptors (Lipinski definition) is 11. The second-order valence-electron chi connectivity index (χ2n) is 17.0. The van der Waals surface area contributed by atoms with Gasteiger partial charge in [0.1, 0.15) is 17.2 Å². The molecule has 0 radical (unpaired) electrons. The number of nitrogens with one attached hydrogen (secondary N) is 2.